The van der Waals surface area contributed by atoms with Crippen LogP contribution in [0.4, 0.5) is 0 Å². The summed E-state index contributed by atoms with van der Waals surface area (Å²) in [5.41, 5.74) is 1.98. The number of hydrogen-bond donors (Lipinski definition) is 2. The van der Waals surface area contributed by atoms with E-state index in [1.54, 1.807) is 35.2 Å². The van der Waals surface area contributed by atoms with Crippen LogP contribution in [0.25, 0.3) is 17.4 Å². The van der Waals surface area contributed by atoms with E-state index in [-0.39, 0.29) is 18.1 Å². The summed E-state index contributed by atoms with van der Waals surface area (Å²) in [6, 6.07) is 19.7. The first-order valence-electron chi connectivity index (χ1n) is 11.2. The van der Waals surface area contributed by atoms with E-state index in [0.29, 0.717) is 27.3 Å². The fourth-order valence-electron chi connectivity index (χ4n) is 3.19. The van der Waals surface area contributed by atoms with Crippen molar-refractivity contribution in [1.82, 2.24) is 4.90 Å². The molecule has 1 saturated heterocycles. The smallest absolute Gasteiger partial charge is 0.335 e. The third-order valence-corrected chi connectivity index (χ3v) is 6.52. The summed E-state index contributed by atoms with van der Waals surface area (Å²) in [5, 5.41) is 17.4. The minimum absolute atomic E-state index is 0.146. The molecule has 2 aromatic carbocycles. The Labute approximate surface area is 220 Å². The molecule has 1 aliphatic rings. The van der Waals surface area contributed by atoms with Gasteiger partial charge in [-0.05, 0) is 29.8 Å². The molecule has 0 bridgehead atoms. The van der Waals surface area contributed by atoms with Crippen LogP contribution in [0.2, 0.25) is 0 Å². The number of nitrogens with zero attached hydrogens (tertiary/aromatic N) is 2. The van der Waals surface area contributed by atoms with Gasteiger partial charge >= 0.3 is 5.97 Å². The number of benzene rings is 2. The number of amides is 1. The van der Waals surface area contributed by atoms with Gasteiger partial charge in [-0.15, -0.1) is 0 Å². The van der Waals surface area contributed by atoms with E-state index in [2.05, 4.69) is 21.1 Å². The summed E-state index contributed by atoms with van der Waals surface area (Å²) in [5.74, 6) is -0.00250. The number of aliphatic hydroxyl groups is 1. The van der Waals surface area contributed by atoms with Gasteiger partial charge in [-0.25, -0.2) is 4.79 Å². The number of thiocarbonyl (C=S) groups is 1. The van der Waals surface area contributed by atoms with Gasteiger partial charge in [0.1, 0.15) is 22.4 Å². The largest absolute Gasteiger partial charge is 0.478 e. The van der Waals surface area contributed by atoms with Crippen molar-refractivity contribution in [2.24, 2.45) is 0 Å². The average Bonchev–Trinajstić information content (AvgIpc) is 3.40. The first kappa shape index (κ1) is 27.3. The van der Waals surface area contributed by atoms with Crippen LogP contribution in [-0.2, 0) is 11.3 Å². The Morgan fingerprint density at radius 3 is 2.28 bits per heavy atom. The van der Waals surface area contributed by atoms with E-state index in [0.717, 1.165) is 22.2 Å². The van der Waals surface area contributed by atoms with Gasteiger partial charge in [0.25, 0.3) is 5.91 Å². The summed E-state index contributed by atoms with van der Waals surface area (Å²) in [6.07, 6.45) is 1.68. The molecule has 4 rings (SSSR count). The minimum atomic E-state index is -0.978. The van der Waals surface area contributed by atoms with E-state index in [1.165, 1.54) is 23.9 Å². The Balaban J connectivity index is 0.000000454. The molecule has 0 saturated carbocycles. The van der Waals surface area contributed by atoms with E-state index in [4.69, 9.17) is 26.8 Å². The molecule has 1 aliphatic heterocycles. The topological polar surface area (TPSA) is 91.0 Å². The zero-order chi connectivity index (χ0) is 26.3. The highest BCUT2D eigenvalue weighted by Crippen LogP contribution is 2.34. The summed E-state index contributed by atoms with van der Waals surface area (Å²) in [6.45, 7) is 1.55. The lowest BCUT2D eigenvalue weighted by atomic mass is 10.1. The normalized spacial score (nSPS) is 14.7. The van der Waals surface area contributed by atoms with Crippen LogP contribution in [0, 0.1) is 0 Å². The fourth-order valence-corrected chi connectivity index (χ4v) is 4.43. The van der Waals surface area contributed by atoms with Crippen molar-refractivity contribution in [2.45, 2.75) is 6.54 Å². The maximum atomic E-state index is 12.8. The molecule has 0 atom stereocenters. The second kappa shape index (κ2) is 12.1. The Kier molecular flexibility index (Phi) is 9.22. The Hall–Kier alpha value is -3.24. The number of carbonyl (C=O) groups is 2. The molecule has 0 spiro atoms. The molecule has 188 valence electrons. The number of likely N-dealkylation sites (N-methyl/N-ethyl adjacent to an activating group) is 1. The highest BCUT2D eigenvalue weighted by Gasteiger charge is 2.32. The molecule has 1 aromatic heterocycles. The SMILES string of the molecule is C[N+](C)(C)CCO.O=C(O)c1ccc(-c2ccc(/C=C3\SC(=S)N(Cc4ccccc4)C3=O)o2)cc1. The van der Waals surface area contributed by atoms with Crippen molar-refractivity contribution in [3.63, 3.8) is 0 Å². The molecular weight excluding hydrogens is 496 g/mol. The molecule has 0 unspecified atom stereocenters. The quantitative estimate of drug-likeness (QED) is 0.262. The van der Waals surface area contributed by atoms with Crippen molar-refractivity contribution < 1.29 is 28.7 Å². The van der Waals surface area contributed by atoms with Crippen LogP contribution in [0.1, 0.15) is 21.7 Å². The van der Waals surface area contributed by atoms with Gasteiger partial charge in [-0.2, -0.15) is 0 Å². The van der Waals surface area contributed by atoms with Crippen LogP contribution in [0.15, 0.2) is 76.1 Å². The van der Waals surface area contributed by atoms with Gasteiger partial charge in [0, 0.05) is 11.6 Å². The molecule has 2 N–H and O–H groups in total. The summed E-state index contributed by atoms with van der Waals surface area (Å²) < 4.78 is 7.18. The van der Waals surface area contributed by atoms with Gasteiger partial charge < -0.3 is 19.1 Å². The fraction of sp³-hybridized carbons (Fsp3) is 0.222. The molecule has 0 radical (unpaired) electrons. The van der Waals surface area contributed by atoms with Crippen LogP contribution in [0.5, 0.6) is 0 Å². The molecule has 1 fully saturated rings. The number of aliphatic hydroxyl groups excluding tert-OH is 1. The van der Waals surface area contributed by atoms with Crippen LogP contribution in [0.3, 0.4) is 0 Å². The van der Waals surface area contributed by atoms with Crippen LogP contribution in [-0.4, -0.2) is 70.1 Å². The third-order valence-electron chi connectivity index (χ3n) is 5.14. The predicted molar refractivity (Wildman–Crippen MR) is 146 cm³/mol. The van der Waals surface area contributed by atoms with Gasteiger partial charge in [0.15, 0.2) is 0 Å². The Morgan fingerprint density at radius 2 is 1.72 bits per heavy atom. The monoisotopic (exact) mass is 525 g/mol. The van der Waals surface area contributed by atoms with E-state index >= 15 is 0 Å². The number of carboxylic acid groups (broad SMARTS) is 1. The maximum Gasteiger partial charge on any atom is 0.335 e. The van der Waals surface area contributed by atoms with Gasteiger partial charge in [-0.3, -0.25) is 9.69 Å². The van der Waals surface area contributed by atoms with Crippen LogP contribution >= 0.6 is 24.0 Å². The molecule has 1 amide bonds. The number of furan rings is 1. The van der Waals surface area contributed by atoms with Crippen LogP contribution < -0.4 is 0 Å². The summed E-state index contributed by atoms with van der Waals surface area (Å²) >= 11 is 6.62. The molecule has 36 heavy (non-hydrogen) atoms. The third kappa shape index (κ3) is 7.63. The second-order valence-corrected chi connectivity index (χ2v) is 10.8. The first-order valence-corrected chi connectivity index (χ1v) is 12.4. The highest BCUT2D eigenvalue weighted by atomic mass is 32.2. The molecular formula is C27H29N2O5S2+. The average molecular weight is 526 g/mol. The van der Waals surface area contributed by atoms with E-state index in [1.807, 2.05) is 30.3 Å². The number of hydrogen-bond acceptors (Lipinski definition) is 6. The lowest BCUT2D eigenvalue weighted by molar-refractivity contribution is -0.870. The predicted octanol–water partition coefficient (Wildman–Crippen LogP) is 4.73. The number of carbonyl (C=O) groups excluding carboxylic acids is 1. The maximum absolute atomic E-state index is 12.8. The van der Waals surface area contributed by atoms with Crippen molar-refractivity contribution in [2.75, 3.05) is 34.3 Å². The minimum Gasteiger partial charge on any atom is -0.478 e. The molecule has 3 aromatic rings. The standard InChI is InChI=1S/C22H15NO4S2.C5H14NO/c24-20-19(29-22(28)23(20)13-14-4-2-1-3-5-14)12-17-10-11-18(27-17)15-6-8-16(9-7-15)21(25)26;1-6(2,3)4-5-7/h1-12H,13H2,(H,25,26);7H,4-5H2,1-3H3/q;+1/b19-12-;. The highest BCUT2D eigenvalue weighted by molar-refractivity contribution is 8.26. The van der Waals surface area contributed by atoms with Gasteiger partial charge in [-0.1, -0.05) is 66.4 Å². The zero-order valence-corrected chi connectivity index (χ0v) is 22.0. The second-order valence-electron chi connectivity index (χ2n) is 9.08. The number of rotatable bonds is 7. The molecule has 0 aliphatic carbocycles. The van der Waals surface area contributed by atoms with Gasteiger partial charge in [0.05, 0.1) is 44.8 Å². The van der Waals surface area contributed by atoms with E-state index in [9.17, 15) is 9.59 Å². The molecule has 7 nitrogen and oxygen atoms in total. The molecule has 2 heterocycles. The Morgan fingerprint density at radius 1 is 1.06 bits per heavy atom. The Bertz CT molecular complexity index is 1250. The van der Waals surface area contributed by atoms with Crippen molar-refractivity contribution >= 4 is 46.3 Å². The van der Waals surface area contributed by atoms with Crippen molar-refractivity contribution in [3.05, 3.63) is 88.5 Å². The van der Waals surface area contributed by atoms with Crippen molar-refractivity contribution in [1.29, 1.82) is 0 Å². The lowest BCUT2D eigenvalue weighted by Gasteiger charge is -2.21. The first-order chi connectivity index (χ1) is 17.1. The van der Waals surface area contributed by atoms with E-state index < -0.39 is 5.97 Å². The van der Waals surface area contributed by atoms with Gasteiger partial charge in [0.2, 0.25) is 0 Å². The number of aromatic carboxylic acids is 1. The zero-order valence-electron chi connectivity index (χ0n) is 20.4. The summed E-state index contributed by atoms with van der Waals surface area (Å²) in [7, 11) is 6.16. The lowest BCUT2D eigenvalue weighted by Crippen LogP contribution is -2.36. The number of carboxylic acids is 1. The number of quaternary nitrogens is 1. The summed E-state index contributed by atoms with van der Waals surface area (Å²) in [4.78, 5) is 25.8. The number of thioether (sulfide) groups is 1. The van der Waals surface area contributed by atoms with Crippen molar-refractivity contribution in [3.8, 4) is 11.3 Å². The molecule has 9 heteroatoms.